The zero-order valence-corrected chi connectivity index (χ0v) is 30.5. The van der Waals surface area contributed by atoms with Gasteiger partial charge in [-0.25, -0.2) is 0 Å². The van der Waals surface area contributed by atoms with Crippen molar-refractivity contribution in [3.8, 4) is 0 Å². The van der Waals surface area contributed by atoms with E-state index in [0.29, 0.717) is 0 Å². The molecule has 0 aliphatic rings. The van der Waals surface area contributed by atoms with Crippen molar-refractivity contribution >= 4 is 15.8 Å². The number of hydrogen-bond acceptors (Lipinski definition) is 8. The highest BCUT2D eigenvalue weighted by Crippen LogP contribution is 2.43. The average Bonchev–Trinajstić information content (AvgIpc) is 3.07. The summed E-state index contributed by atoms with van der Waals surface area (Å²) in [6.07, 6.45) is 26.6. The molecule has 0 spiro atoms. The molecule has 0 unspecified atom stereocenters. The molecule has 0 fully saturated rings. The lowest BCUT2D eigenvalue weighted by Crippen LogP contribution is -2.11. The Kier molecular flexibility index (Phi) is 34.8. The summed E-state index contributed by atoms with van der Waals surface area (Å²) in [4.78, 5) is 0. The van der Waals surface area contributed by atoms with E-state index in [1.165, 1.54) is 69.1 Å². The standard InChI is InChI=1S/C35H74O8P2/c36-24-32(25-37)14-5-1-9-18-44(19-10-2-6-15-33(26-38)27-39)22-13-23-45(20-11-3-7-16-34(28-40)29-41)21-12-4-8-17-35(30-42)31-43/h32-43H,1-31H2. The SMILES string of the molecule is OCC(CO)CCCCCP(CCCCCC(CO)CO)CCCP(CCCCCC(CO)CO)CCCCCC(CO)CO. The van der Waals surface area contributed by atoms with Crippen LogP contribution >= 0.6 is 15.8 Å². The van der Waals surface area contributed by atoms with E-state index in [0.717, 1.165) is 77.0 Å². The number of hydrogen-bond donors (Lipinski definition) is 8. The molecule has 0 aromatic rings. The molecule has 0 saturated heterocycles. The third kappa shape index (κ3) is 27.1. The van der Waals surface area contributed by atoms with Gasteiger partial charge < -0.3 is 40.9 Å². The van der Waals surface area contributed by atoms with E-state index in [1.54, 1.807) is 0 Å². The van der Waals surface area contributed by atoms with Gasteiger partial charge in [0.1, 0.15) is 0 Å². The Morgan fingerprint density at radius 2 is 0.444 bits per heavy atom. The van der Waals surface area contributed by atoms with Gasteiger partial charge in [0.2, 0.25) is 0 Å². The highest BCUT2D eigenvalue weighted by molar-refractivity contribution is 7.58. The first kappa shape index (κ1) is 45.5. The van der Waals surface area contributed by atoms with E-state index in [2.05, 4.69) is 0 Å². The summed E-state index contributed by atoms with van der Waals surface area (Å²) in [5.41, 5.74) is 0. The fraction of sp³-hybridized carbons (Fsp3) is 1.00. The van der Waals surface area contributed by atoms with Gasteiger partial charge in [-0.05, 0) is 94.8 Å². The minimum atomic E-state index is -0.0115. The van der Waals surface area contributed by atoms with Crippen molar-refractivity contribution in [2.75, 3.05) is 89.8 Å². The predicted octanol–water partition coefficient (Wildman–Crippen LogP) is 4.99. The first-order chi connectivity index (χ1) is 22.0. The van der Waals surface area contributed by atoms with Crippen molar-refractivity contribution in [1.82, 2.24) is 0 Å². The molecule has 0 rings (SSSR count). The molecule has 0 heterocycles. The van der Waals surface area contributed by atoms with Crippen molar-refractivity contribution in [2.45, 2.75) is 109 Å². The van der Waals surface area contributed by atoms with Crippen molar-refractivity contribution < 1.29 is 40.9 Å². The minimum Gasteiger partial charge on any atom is -0.396 e. The molecule has 0 aromatic heterocycles. The number of aliphatic hydroxyl groups excluding tert-OH is 8. The summed E-state index contributed by atoms with van der Waals surface area (Å²) in [7, 11) is -0.0230. The molecule has 0 radical (unpaired) electrons. The number of unbranched alkanes of at least 4 members (excludes halogenated alkanes) is 8. The third-order valence-corrected chi connectivity index (χ3v) is 15.1. The molecule has 0 atom stereocenters. The molecule has 8 N–H and O–H groups in total. The van der Waals surface area contributed by atoms with Crippen LogP contribution in [-0.2, 0) is 0 Å². The molecule has 272 valence electrons. The zero-order chi connectivity index (χ0) is 33.4. The fourth-order valence-corrected chi connectivity index (χ4v) is 11.4. The second-order valence-corrected chi connectivity index (χ2v) is 18.7. The van der Waals surface area contributed by atoms with Crippen molar-refractivity contribution in [3.63, 3.8) is 0 Å². The summed E-state index contributed by atoms with van der Waals surface area (Å²) in [6.45, 7) is 0.534. The lowest BCUT2D eigenvalue weighted by atomic mass is 10.0. The topological polar surface area (TPSA) is 162 Å². The van der Waals surface area contributed by atoms with Gasteiger partial charge in [-0.3, -0.25) is 0 Å². The van der Waals surface area contributed by atoms with Gasteiger partial charge in [-0.1, -0.05) is 51.4 Å². The molecule has 10 heteroatoms. The Hall–Kier alpha value is 0.540. The Morgan fingerprint density at radius 1 is 0.244 bits per heavy atom. The van der Waals surface area contributed by atoms with Gasteiger partial charge >= 0.3 is 0 Å². The Labute approximate surface area is 279 Å². The Morgan fingerprint density at radius 3 is 0.644 bits per heavy atom. The third-order valence-electron chi connectivity index (χ3n) is 9.36. The molecule has 0 aliphatic heterocycles. The highest BCUT2D eigenvalue weighted by Gasteiger charge is 2.14. The van der Waals surface area contributed by atoms with Crippen molar-refractivity contribution in [2.24, 2.45) is 23.7 Å². The molecular weight excluding hydrogens is 610 g/mol. The van der Waals surface area contributed by atoms with E-state index in [4.69, 9.17) is 0 Å². The van der Waals surface area contributed by atoms with Gasteiger partial charge in [0.15, 0.2) is 0 Å². The molecule has 0 aliphatic carbocycles. The smallest absolute Gasteiger partial charge is 0.0481 e. The van der Waals surface area contributed by atoms with Crippen molar-refractivity contribution in [1.29, 1.82) is 0 Å². The lowest BCUT2D eigenvalue weighted by molar-refractivity contribution is 0.141. The van der Waals surface area contributed by atoms with Crippen LogP contribution in [0, 0.1) is 23.7 Å². The van der Waals surface area contributed by atoms with E-state index in [-0.39, 0.29) is 92.4 Å². The summed E-state index contributed by atoms with van der Waals surface area (Å²) in [5.74, 6) is 0.0703. The Balaban J connectivity index is 4.82. The van der Waals surface area contributed by atoms with Crippen LogP contribution in [0.25, 0.3) is 0 Å². The van der Waals surface area contributed by atoms with Gasteiger partial charge in [-0.2, -0.15) is 0 Å². The van der Waals surface area contributed by atoms with Gasteiger partial charge in [-0.15, -0.1) is 15.8 Å². The van der Waals surface area contributed by atoms with Gasteiger partial charge in [0.25, 0.3) is 0 Å². The summed E-state index contributed by atoms with van der Waals surface area (Å²) < 4.78 is 0. The number of rotatable bonds is 36. The zero-order valence-electron chi connectivity index (χ0n) is 28.7. The summed E-state index contributed by atoms with van der Waals surface area (Å²) in [6, 6.07) is 0. The second-order valence-electron chi connectivity index (χ2n) is 13.4. The molecule has 0 saturated carbocycles. The second kappa shape index (κ2) is 34.4. The van der Waals surface area contributed by atoms with Crippen LogP contribution < -0.4 is 0 Å². The quantitative estimate of drug-likeness (QED) is 0.0339. The predicted molar refractivity (Wildman–Crippen MR) is 192 cm³/mol. The van der Waals surface area contributed by atoms with Crippen LogP contribution in [0.15, 0.2) is 0 Å². The first-order valence-corrected chi connectivity index (χ1v) is 22.1. The molecular formula is C35H74O8P2. The summed E-state index contributed by atoms with van der Waals surface area (Å²) in [5, 5.41) is 74.8. The molecule has 0 amide bonds. The van der Waals surface area contributed by atoms with Crippen LogP contribution in [0.5, 0.6) is 0 Å². The summed E-state index contributed by atoms with van der Waals surface area (Å²) >= 11 is 0. The van der Waals surface area contributed by atoms with Crippen LogP contribution in [0.3, 0.4) is 0 Å². The van der Waals surface area contributed by atoms with E-state index in [1.807, 2.05) is 0 Å². The van der Waals surface area contributed by atoms with Gasteiger partial charge in [0, 0.05) is 76.5 Å². The van der Waals surface area contributed by atoms with Crippen LogP contribution in [0.4, 0.5) is 0 Å². The first-order valence-electron chi connectivity index (χ1n) is 18.3. The van der Waals surface area contributed by atoms with Crippen LogP contribution in [0.2, 0.25) is 0 Å². The van der Waals surface area contributed by atoms with E-state index >= 15 is 0 Å². The molecule has 45 heavy (non-hydrogen) atoms. The minimum absolute atomic E-state index is 0.0115. The molecule has 0 aromatic carbocycles. The fourth-order valence-electron chi connectivity index (χ4n) is 5.93. The van der Waals surface area contributed by atoms with Crippen molar-refractivity contribution in [3.05, 3.63) is 0 Å². The maximum absolute atomic E-state index is 9.35. The van der Waals surface area contributed by atoms with E-state index in [9.17, 15) is 40.9 Å². The number of aliphatic hydroxyl groups is 8. The normalized spacial score (nSPS) is 12.4. The maximum Gasteiger partial charge on any atom is 0.0481 e. The molecule has 0 bridgehead atoms. The highest BCUT2D eigenvalue weighted by atomic mass is 31.1. The lowest BCUT2D eigenvalue weighted by Gasteiger charge is -2.22. The molecule has 8 nitrogen and oxygen atoms in total. The Bertz CT molecular complexity index is 484. The monoisotopic (exact) mass is 684 g/mol. The van der Waals surface area contributed by atoms with E-state index < -0.39 is 0 Å². The van der Waals surface area contributed by atoms with Crippen LogP contribution in [-0.4, -0.2) is 131 Å². The average molecular weight is 685 g/mol. The largest absolute Gasteiger partial charge is 0.396 e. The van der Waals surface area contributed by atoms with Gasteiger partial charge in [0.05, 0.1) is 0 Å². The van der Waals surface area contributed by atoms with Crippen LogP contribution in [0.1, 0.15) is 109 Å². The maximum atomic E-state index is 9.35.